The van der Waals surface area contributed by atoms with E-state index in [1.54, 1.807) is 0 Å². The van der Waals surface area contributed by atoms with E-state index in [0.717, 1.165) is 16.0 Å². The number of thiophene rings is 1. The molecule has 2 aromatic rings. The largest absolute Gasteiger partial charge is 0.352 e. The Morgan fingerprint density at radius 1 is 1.47 bits per heavy atom. The van der Waals surface area contributed by atoms with Gasteiger partial charge in [0.05, 0.1) is 5.39 Å². The Bertz CT molecular complexity index is 654. The van der Waals surface area contributed by atoms with E-state index < -0.39 is 5.54 Å². The maximum atomic E-state index is 12.0. The molecule has 0 aromatic carbocycles. The molecule has 19 heavy (non-hydrogen) atoms. The smallest absolute Gasteiger partial charge is 0.245 e. The summed E-state index contributed by atoms with van der Waals surface area (Å²) < 4.78 is 0. The molecule has 1 saturated heterocycles. The summed E-state index contributed by atoms with van der Waals surface area (Å²) in [6.07, 6.45) is 0. The molecule has 100 valence electrons. The lowest BCUT2D eigenvalue weighted by atomic mass is 9.98. The van der Waals surface area contributed by atoms with Crippen LogP contribution in [0.2, 0.25) is 5.28 Å². The number of anilines is 1. The monoisotopic (exact) mass is 296 g/mol. The zero-order valence-corrected chi connectivity index (χ0v) is 12.2. The molecule has 0 bridgehead atoms. The second kappa shape index (κ2) is 4.31. The van der Waals surface area contributed by atoms with Crippen LogP contribution in [0.4, 0.5) is 5.82 Å². The predicted octanol–water partition coefficient (Wildman–Crippen LogP) is 2.06. The molecule has 3 rings (SSSR count). The van der Waals surface area contributed by atoms with Crippen molar-refractivity contribution in [2.75, 3.05) is 18.0 Å². The highest BCUT2D eigenvalue weighted by Gasteiger charge is 2.39. The molecule has 0 spiro atoms. The number of halogens is 1. The first-order valence-electron chi connectivity index (χ1n) is 5.97. The van der Waals surface area contributed by atoms with Crippen molar-refractivity contribution in [2.24, 2.45) is 0 Å². The average Bonchev–Trinajstić information content (AvgIpc) is 2.79. The van der Waals surface area contributed by atoms with E-state index in [9.17, 15) is 4.79 Å². The first kappa shape index (κ1) is 12.6. The molecule has 0 aliphatic carbocycles. The van der Waals surface area contributed by atoms with Gasteiger partial charge in [0, 0.05) is 13.1 Å². The molecule has 0 radical (unpaired) electrons. The van der Waals surface area contributed by atoms with E-state index in [4.69, 9.17) is 11.6 Å². The number of nitrogens with one attached hydrogen (secondary N) is 1. The van der Waals surface area contributed by atoms with Crippen LogP contribution in [0.5, 0.6) is 0 Å². The van der Waals surface area contributed by atoms with Crippen LogP contribution < -0.4 is 10.2 Å². The van der Waals surface area contributed by atoms with Crippen molar-refractivity contribution in [1.29, 1.82) is 0 Å². The summed E-state index contributed by atoms with van der Waals surface area (Å²) in [5, 5.41) is 5.99. The lowest BCUT2D eigenvalue weighted by Gasteiger charge is -2.42. The average molecular weight is 297 g/mol. The number of amides is 1. The first-order valence-corrected chi connectivity index (χ1v) is 7.22. The molecule has 1 N–H and O–H groups in total. The SMILES string of the molecule is CC1(C)C(=O)NCCN1c1nc(Cl)nc2sccc12. The summed E-state index contributed by atoms with van der Waals surface area (Å²) in [7, 11) is 0. The van der Waals surface area contributed by atoms with Gasteiger partial charge in [-0.25, -0.2) is 4.98 Å². The third-order valence-electron chi connectivity index (χ3n) is 3.38. The van der Waals surface area contributed by atoms with Gasteiger partial charge in [-0.15, -0.1) is 11.3 Å². The van der Waals surface area contributed by atoms with Gasteiger partial charge in [-0.3, -0.25) is 4.79 Å². The van der Waals surface area contributed by atoms with Crippen LogP contribution in [-0.2, 0) is 4.79 Å². The summed E-state index contributed by atoms with van der Waals surface area (Å²) in [5.74, 6) is 0.730. The molecule has 0 saturated carbocycles. The van der Waals surface area contributed by atoms with Gasteiger partial charge in [-0.1, -0.05) is 0 Å². The van der Waals surface area contributed by atoms with Gasteiger partial charge in [0.15, 0.2) is 0 Å². The molecule has 2 aromatic heterocycles. The number of fused-ring (bicyclic) bond motifs is 1. The number of carbonyl (C=O) groups is 1. The number of hydrogen-bond acceptors (Lipinski definition) is 5. The Morgan fingerprint density at radius 2 is 2.26 bits per heavy atom. The van der Waals surface area contributed by atoms with E-state index in [2.05, 4.69) is 15.3 Å². The van der Waals surface area contributed by atoms with Crippen molar-refractivity contribution in [3.05, 3.63) is 16.7 Å². The quantitative estimate of drug-likeness (QED) is 0.819. The normalized spacial score (nSPS) is 18.7. The Balaban J connectivity index is 2.18. The van der Waals surface area contributed by atoms with Crippen molar-refractivity contribution in [3.8, 4) is 0 Å². The van der Waals surface area contributed by atoms with Gasteiger partial charge < -0.3 is 10.2 Å². The third kappa shape index (κ3) is 1.95. The number of hydrogen-bond donors (Lipinski definition) is 1. The van der Waals surface area contributed by atoms with Crippen LogP contribution in [0.1, 0.15) is 13.8 Å². The minimum atomic E-state index is -0.648. The lowest BCUT2D eigenvalue weighted by Crippen LogP contribution is -2.62. The van der Waals surface area contributed by atoms with Gasteiger partial charge in [-0.05, 0) is 36.9 Å². The first-order chi connectivity index (χ1) is 9.00. The maximum Gasteiger partial charge on any atom is 0.245 e. The summed E-state index contributed by atoms with van der Waals surface area (Å²) in [5.41, 5.74) is -0.648. The lowest BCUT2D eigenvalue weighted by molar-refractivity contribution is -0.126. The van der Waals surface area contributed by atoms with E-state index in [1.165, 1.54) is 11.3 Å². The van der Waals surface area contributed by atoms with Crippen molar-refractivity contribution in [1.82, 2.24) is 15.3 Å². The topological polar surface area (TPSA) is 58.1 Å². The zero-order chi connectivity index (χ0) is 13.6. The standard InChI is InChI=1S/C12H13ClN4OS/c1-12(2)10(18)14-4-5-17(12)8-7-3-6-19-9(7)16-11(13)15-8/h3,6H,4-5H2,1-2H3,(H,14,18). The Kier molecular flexibility index (Phi) is 2.87. The molecular formula is C12H13ClN4OS. The van der Waals surface area contributed by atoms with Crippen LogP contribution in [0.15, 0.2) is 11.4 Å². The summed E-state index contributed by atoms with van der Waals surface area (Å²) in [6, 6.07) is 1.97. The highest BCUT2D eigenvalue weighted by molar-refractivity contribution is 7.16. The molecule has 5 nitrogen and oxygen atoms in total. The van der Waals surface area contributed by atoms with Gasteiger partial charge in [0.1, 0.15) is 16.2 Å². The molecule has 1 aliphatic rings. The van der Waals surface area contributed by atoms with Crippen LogP contribution in [0, 0.1) is 0 Å². The Hall–Kier alpha value is -1.40. The van der Waals surface area contributed by atoms with Gasteiger partial charge >= 0.3 is 0 Å². The summed E-state index contributed by atoms with van der Waals surface area (Å²) in [6.45, 7) is 5.08. The number of piperazine rings is 1. The number of nitrogens with zero attached hydrogens (tertiary/aromatic N) is 3. The predicted molar refractivity (Wildman–Crippen MR) is 76.9 cm³/mol. The molecule has 7 heteroatoms. The molecule has 1 amide bonds. The van der Waals surface area contributed by atoms with Crippen molar-refractivity contribution >= 4 is 44.9 Å². The number of rotatable bonds is 1. The highest BCUT2D eigenvalue weighted by Crippen LogP contribution is 2.33. The minimum Gasteiger partial charge on any atom is -0.352 e. The number of carbonyl (C=O) groups excluding carboxylic acids is 1. The third-order valence-corrected chi connectivity index (χ3v) is 4.36. The summed E-state index contributed by atoms with van der Waals surface area (Å²) in [4.78, 5) is 23.4. The molecule has 0 atom stereocenters. The molecule has 1 fully saturated rings. The zero-order valence-electron chi connectivity index (χ0n) is 10.6. The van der Waals surface area contributed by atoms with E-state index in [-0.39, 0.29) is 11.2 Å². The second-order valence-corrected chi connectivity index (χ2v) is 6.15. The fourth-order valence-electron chi connectivity index (χ4n) is 2.29. The van der Waals surface area contributed by atoms with Gasteiger partial charge in [0.25, 0.3) is 0 Å². The van der Waals surface area contributed by atoms with Crippen LogP contribution in [0.3, 0.4) is 0 Å². The minimum absolute atomic E-state index is 0.00290. The molecule has 3 heterocycles. The fourth-order valence-corrected chi connectivity index (χ4v) is 3.26. The Morgan fingerprint density at radius 3 is 3.05 bits per heavy atom. The van der Waals surface area contributed by atoms with E-state index in [1.807, 2.05) is 30.2 Å². The molecule has 1 aliphatic heterocycles. The van der Waals surface area contributed by atoms with E-state index in [0.29, 0.717) is 13.1 Å². The fraction of sp³-hybridized carbons (Fsp3) is 0.417. The maximum absolute atomic E-state index is 12.0. The summed E-state index contributed by atoms with van der Waals surface area (Å²) >= 11 is 7.50. The number of aromatic nitrogens is 2. The highest BCUT2D eigenvalue weighted by atomic mass is 35.5. The van der Waals surface area contributed by atoms with Crippen LogP contribution in [0.25, 0.3) is 10.2 Å². The van der Waals surface area contributed by atoms with Crippen molar-refractivity contribution < 1.29 is 4.79 Å². The molecule has 0 unspecified atom stereocenters. The Labute approximate surface area is 119 Å². The van der Waals surface area contributed by atoms with Crippen molar-refractivity contribution in [3.63, 3.8) is 0 Å². The van der Waals surface area contributed by atoms with Crippen LogP contribution in [-0.4, -0.2) is 34.5 Å². The van der Waals surface area contributed by atoms with E-state index >= 15 is 0 Å². The van der Waals surface area contributed by atoms with Gasteiger partial charge in [-0.2, -0.15) is 4.98 Å². The van der Waals surface area contributed by atoms with Crippen LogP contribution >= 0.6 is 22.9 Å². The second-order valence-electron chi connectivity index (χ2n) is 4.92. The molecular weight excluding hydrogens is 284 g/mol. The van der Waals surface area contributed by atoms with Gasteiger partial charge in [0.2, 0.25) is 11.2 Å². The van der Waals surface area contributed by atoms with Crippen molar-refractivity contribution in [2.45, 2.75) is 19.4 Å².